The first-order valence-electron chi connectivity index (χ1n) is 3.96. The van der Waals surface area contributed by atoms with Gasteiger partial charge in [-0.25, -0.2) is 4.99 Å². The Morgan fingerprint density at radius 2 is 1.79 bits per heavy atom. The maximum atomic E-state index is 5.92. The summed E-state index contributed by atoms with van der Waals surface area (Å²) in [6, 6.07) is 3.24. The molecule has 0 spiro atoms. The molecule has 0 atom stereocenters. The van der Waals surface area contributed by atoms with E-state index < -0.39 is 0 Å². The van der Waals surface area contributed by atoms with E-state index in [0.717, 1.165) is 0 Å². The Hall–Kier alpha value is -0.930. The molecule has 3 nitrogen and oxygen atoms in total. The van der Waals surface area contributed by atoms with Crippen molar-refractivity contribution in [2.45, 2.75) is 0 Å². The summed E-state index contributed by atoms with van der Waals surface area (Å²) in [5.74, 6) is 0. The van der Waals surface area contributed by atoms with Gasteiger partial charge in [-0.1, -0.05) is 23.2 Å². The molecule has 0 aliphatic carbocycles. The van der Waals surface area contributed by atoms with Gasteiger partial charge >= 0.3 is 0 Å². The van der Waals surface area contributed by atoms with Crippen LogP contribution in [0.5, 0.6) is 0 Å². The van der Waals surface area contributed by atoms with Crippen molar-refractivity contribution < 1.29 is 0 Å². The minimum absolute atomic E-state index is 0.452. The van der Waals surface area contributed by atoms with Crippen molar-refractivity contribution in [1.82, 2.24) is 4.90 Å². The third-order valence-electron chi connectivity index (χ3n) is 1.46. The highest BCUT2D eigenvalue weighted by Crippen LogP contribution is 2.34. The molecule has 1 rings (SSSR count). The number of hydrogen-bond acceptors (Lipinski definition) is 2. The molecule has 0 aliphatic rings. The van der Waals surface area contributed by atoms with Crippen LogP contribution in [0.1, 0.15) is 0 Å². The number of rotatable bonds is 2. The zero-order valence-corrected chi connectivity index (χ0v) is 9.47. The summed E-state index contributed by atoms with van der Waals surface area (Å²) in [4.78, 5) is 5.92. The lowest BCUT2D eigenvalue weighted by molar-refractivity contribution is 0.643. The van der Waals surface area contributed by atoms with E-state index in [0.29, 0.717) is 21.4 Å². The molecule has 76 valence electrons. The molecule has 1 aromatic carbocycles. The Morgan fingerprint density at radius 1 is 1.29 bits per heavy atom. The van der Waals surface area contributed by atoms with Gasteiger partial charge in [0.05, 0.1) is 16.4 Å². The maximum Gasteiger partial charge on any atom is 0.102 e. The average Bonchev–Trinajstić information content (AvgIpc) is 2.01. The number of hydrogen-bond donors (Lipinski definition) is 1. The van der Waals surface area contributed by atoms with Crippen molar-refractivity contribution in [2.24, 2.45) is 4.99 Å². The topological polar surface area (TPSA) is 41.6 Å². The van der Waals surface area contributed by atoms with E-state index in [1.807, 2.05) is 14.1 Å². The van der Waals surface area contributed by atoms with Gasteiger partial charge in [0.1, 0.15) is 5.69 Å². The summed E-state index contributed by atoms with van der Waals surface area (Å²) in [7, 11) is 3.73. The van der Waals surface area contributed by atoms with E-state index in [1.165, 1.54) is 0 Å². The molecule has 0 aliphatic heterocycles. The number of benzene rings is 1. The van der Waals surface area contributed by atoms with Gasteiger partial charge in [0, 0.05) is 19.8 Å². The second-order valence-corrected chi connectivity index (χ2v) is 3.86. The molecule has 0 unspecified atom stereocenters. The summed E-state index contributed by atoms with van der Waals surface area (Å²) in [5.41, 5.74) is 6.62. The van der Waals surface area contributed by atoms with Crippen LogP contribution in [0.25, 0.3) is 0 Å². The lowest BCUT2D eigenvalue weighted by Gasteiger charge is -2.05. The minimum Gasteiger partial charge on any atom is -0.399 e. The number of aliphatic imine (C=N–C) groups is 1. The van der Waals surface area contributed by atoms with Gasteiger partial charge in [-0.15, -0.1) is 0 Å². The molecule has 0 saturated heterocycles. The fraction of sp³-hybridized carbons (Fsp3) is 0.222. The van der Waals surface area contributed by atoms with Crippen LogP contribution < -0.4 is 5.73 Å². The standard InChI is InChI=1S/C9H11Cl2N3/c1-14(2)5-13-9-7(10)3-6(12)4-8(9)11/h3-5H,12H2,1-2H3. The molecule has 14 heavy (non-hydrogen) atoms. The summed E-state index contributed by atoms with van der Waals surface area (Å²) in [5, 5.41) is 0.904. The van der Waals surface area contributed by atoms with E-state index in [2.05, 4.69) is 4.99 Å². The lowest BCUT2D eigenvalue weighted by Crippen LogP contribution is -2.07. The molecular formula is C9H11Cl2N3. The predicted octanol–water partition coefficient (Wildman–Crippen LogP) is 2.80. The Kier molecular flexibility index (Phi) is 3.61. The number of anilines is 1. The Bertz CT molecular complexity index is 338. The molecule has 0 saturated carbocycles. The van der Waals surface area contributed by atoms with E-state index >= 15 is 0 Å². The number of nitrogen functional groups attached to an aromatic ring is 1. The average molecular weight is 232 g/mol. The summed E-state index contributed by atoms with van der Waals surface area (Å²) in [6.07, 6.45) is 1.63. The largest absolute Gasteiger partial charge is 0.399 e. The Balaban J connectivity index is 3.09. The first-order chi connectivity index (χ1) is 6.50. The fourth-order valence-corrected chi connectivity index (χ4v) is 1.48. The Labute approximate surface area is 93.1 Å². The van der Waals surface area contributed by atoms with Crippen LogP contribution in [0.15, 0.2) is 17.1 Å². The zero-order valence-electron chi connectivity index (χ0n) is 7.96. The van der Waals surface area contributed by atoms with E-state index in [-0.39, 0.29) is 0 Å². The number of halogens is 2. The van der Waals surface area contributed by atoms with Crippen molar-refractivity contribution in [3.63, 3.8) is 0 Å². The van der Waals surface area contributed by atoms with Gasteiger partial charge in [-0.3, -0.25) is 0 Å². The highest BCUT2D eigenvalue weighted by Gasteiger charge is 2.05. The smallest absolute Gasteiger partial charge is 0.102 e. The highest BCUT2D eigenvalue weighted by atomic mass is 35.5. The van der Waals surface area contributed by atoms with Crippen molar-refractivity contribution in [1.29, 1.82) is 0 Å². The van der Waals surface area contributed by atoms with Gasteiger partial charge in [0.2, 0.25) is 0 Å². The van der Waals surface area contributed by atoms with E-state index in [9.17, 15) is 0 Å². The van der Waals surface area contributed by atoms with E-state index in [1.54, 1.807) is 23.4 Å². The molecule has 0 bridgehead atoms. The summed E-state index contributed by atoms with van der Waals surface area (Å²) < 4.78 is 0. The molecule has 5 heteroatoms. The van der Waals surface area contributed by atoms with Crippen LogP contribution in [-0.4, -0.2) is 25.3 Å². The maximum absolute atomic E-state index is 5.92. The highest BCUT2D eigenvalue weighted by molar-refractivity contribution is 6.39. The Morgan fingerprint density at radius 3 is 2.21 bits per heavy atom. The molecular weight excluding hydrogens is 221 g/mol. The molecule has 1 aromatic rings. The van der Waals surface area contributed by atoms with Crippen LogP contribution in [0, 0.1) is 0 Å². The SMILES string of the molecule is CN(C)C=Nc1c(Cl)cc(N)cc1Cl. The van der Waals surface area contributed by atoms with Crippen LogP contribution in [-0.2, 0) is 0 Å². The van der Waals surface area contributed by atoms with Crippen LogP contribution in [0.3, 0.4) is 0 Å². The van der Waals surface area contributed by atoms with Crippen molar-refractivity contribution in [3.8, 4) is 0 Å². The van der Waals surface area contributed by atoms with Gasteiger partial charge in [0.25, 0.3) is 0 Å². The van der Waals surface area contributed by atoms with Crippen LogP contribution in [0.4, 0.5) is 11.4 Å². The second-order valence-electron chi connectivity index (χ2n) is 3.04. The summed E-state index contributed by atoms with van der Waals surface area (Å²) in [6.45, 7) is 0. The van der Waals surface area contributed by atoms with Gasteiger partial charge in [-0.05, 0) is 12.1 Å². The quantitative estimate of drug-likeness (QED) is 0.484. The lowest BCUT2D eigenvalue weighted by atomic mass is 10.3. The van der Waals surface area contributed by atoms with Crippen molar-refractivity contribution in [2.75, 3.05) is 19.8 Å². The van der Waals surface area contributed by atoms with Gasteiger partial charge < -0.3 is 10.6 Å². The first-order valence-corrected chi connectivity index (χ1v) is 4.71. The number of nitrogens with zero attached hydrogens (tertiary/aromatic N) is 2. The first kappa shape index (κ1) is 11.1. The molecule has 0 heterocycles. The number of nitrogens with two attached hydrogens (primary N) is 1. The molecule has 0 radical (unpaired) electrons. The normalized spacial score (nSPS) is 10.9. The van der Waals surface area contributed by atoms with Crippen molar-refractivity contribution in [3.05, 3.63) is 22.2 Å². The molecule has 0 amide bonds. The van der Waals surface area contributed by atoms with Crippen LogP contribution in [0.2, 0.25) is 10.0 Å². The third-order valence-corrected chi connectivity index (χ3v) is 2.03. The minimum atomic E-state index is 0.452. The summed E-state index contributed by atoms with van der Waals surface area (Å²) >= 11 is 11.8. The van der Waals surface area contributed by atoms with E-state index in [4.69, 9.17) is 28.9 Å². The van der Waals surface area contributed by atoms with Gasteiger partial charge in [0.15, 0.2) is 0 Å². The molecule has 0 fully saturated rings. The molecule has 0 aromatic heterocycles. The van der Waals surface area contributed by atoms with Crippen molar-refractivity contribution >= 4 is 40.9 Å². The zero-order chi connectivity index (χ0) is 10.7. The second kappa shape index (κ2) is 4.53. The fourth-order valence-electron chi connectivity index (χ4n) is 0.882. The van der Waals surface area contributed by atoms with Crippen LogP contribution >= 0.6 is 23.2 Å². The monoisotopic (exact) mass is 231 g/mol. The molecule has 2 N–H and O–H groups in total. The third kappa shape index (κ3) is 2.79. The predicted molar refractivity (Wildman–Crippen MR) is 62.7 cm³/mol. The van der Waals surface area contributed by atoms with Gasteiger partial charge in [-0.2, -0.15) is 0 Å².